The maximum absolute atomic E-state index is 11.0. The highest BCUT2D eigenvalue weighted by molar-refractivity contribution is 5.60. The first-order valence-electron chi connectivity index (χ1n) is 5.46. The number of rotatable bonds is 2. The van der Waals surface area contributed by atoms with Gasteiger partial charge in [0.05, 0.1) is 12.1 Å². The van der Waals surface area contributed by atoms with Gasteiger partial charge in [-0.1, -0.05) is 12.1 Å². The second-order valence-electron chi connectivity index (χ2n) is 4.21. The minimum atomic E-state index is -0.137. The summed E-state index contributed by atoms with van der Waals surface area (Å²) in [5.41, 5.74) is 7.53. The quantitative estimate of drug-likeness (QED) is 0.559. The average molecular weight is 219 g/mol. The summed E-state index contributed by atoms with van der Waals surface area (Å²) in [5.74, 6) is 0. The number of aldehydes is 1. The summed E-state index contributed by atoms with van der Waals surface area (Å²) in [6, 6.07) is 7.69. The van der Waals surface area contributed by atoms with E-state index in [9.17, 15) is 4.79 Å². The van der Waals surface area contributed by atoms with Crippen LogP contribution in [0.5, 0.6) is 0 Å². The van der Waals surface area contributed by atoms with Crippen molar-refractivity contribution in [3.8, 4) is 0 Å². The Morgan fingerprint density at radius 3 is 2.75 bits per heavy atom. The third kappa shape index (κ3) is 2.08. The molecular weight excluding hydrogens is 202 g/mol. The number of piperazine rings is 1. The molecule has 1 fully saturated rings. The van der Waals surface area contributed by atoms with Gasteiger partial charge in [-0.25, -0.2) is 0 Å². The molecule has 1 aromatic carbocycles. The van der Waals surface area contributed by atoms with Crippen molar-refractivity contribution >= 4 is 12.0 Å². The maximum atomic E-state index is 11.0. The third-order valence-corrected chi connectivity index (χ3v) is 3.08. The van der Waals surface area contributed by atoms with Crippen molar-refractivity contribution in [3.05, 3.63) is 29.8 Å². The van der Waals surface area contributed by atoms with Crippen LogP contribution < -0.4 is 11.1 Å². The third-order valence-electron chi connectivity index (χ3n) is 3.08. The minimum absolute atomic E-state index is 0.104. The monoisotopic (exact) mass is 219 g/mol. The van der Waals surface area contributed by atoms with E-state index in [4.69, 9.17) is 5.73 Å². The van der Waals surface area contributed by atoms with Crippen LogP contribution in [0.1, 0.15) is 11.6 Å². The Morgan fingerprint density at radius 2 is 2.12 bits per heavy atom. The number of nitrogens with two attached hydrogens (primary N) is 1. The normalized spacial score (nSPS) is 26.6. The summed E-state index contributed by atoms with van der Waals surface area (Å²) in [6.45, 7) is 1.80. The van der Waals surface area contributed by atoms with Gasteiger partial charge in [0.15, 0.2) is 0 Å². The summed E-state index contributed by atoms with van der Waals surface area (Å²) in [6.07, 6.45) is 0.983. The number of nitrogen functional groups attached to an aromatic ring is 1. The molecule has 0 saturated carbocycles. The molecule has 0 radical (unpaired) electrons. The van der Waals surface area contributed by atoms with E-state index in [-0.39, 0.29) is 12.1 Å². The first-order valence-corrected chi connectivity index (χ1v) is 5.46. The van der Waals surface area contributed by atoms with Crippen LogP contribution in [0.25, 0.3) is 0 Å². The van der Waals surface area contributed by atoms with E-state index in [1.165, 1.54) is 0 Å². The highest BCUT2D eigenvalue weighted by Crippen LogP contribution is 2.25. The number of hydrogen-bond donors (Lipinski definition) is 2. The van der Waals surface area contributed by atoms with Gasteiger partial charge in [0.25, 0.3) is 0 Å². The number of hydrogen-bond acceptors (Lipinski definition) is 4. The lowest BCUT2D eigenvalue weighted by Gasteiger charge is -2.37. The van der Waals surface area contributed by atoms with Gasteiger partial charge in [0, 0.05) is 18.8 Å². The van der Waals surface area contributed by atoms with Crippen LogP contribution in [-0.2, 0) is 4.79 Å². The van der Waals surface area contributed by atoms with Gasteiger partial charge in [-0.15, -0.1) is 0 Å². The fourth-order valence-electron chi connectivity index (χ4n) is 2.21. The van der Waals surface area contributed by atoms with Gasteiger partial charge in [-0.3, -0.25) is 4.90 Å². The molecule has 2 unspecified atom stereocenters. The predicted molar refractivity (Wildman–Crippen MR) is 64.1 cm³/mol. The Balaban J connectivity index is 2.27. The van der Waals surface area contributed by atoms with Crippen LogP contribution in [0.15, 0.2) is 24.3 Å². The second-order valence-corrected chi connectivity index (χ2v) is 4.21. The fourth-order valence-corrected chi connectivity index (χ4v) is 2.21. The summed E-state index contributed by atoms with van der Waals surface area (Å²) < 4.78 is 0. The number of nitrogens with zero attached hydrogens (tertiary/aromatic N) is 1. The van der Waals surface area contributed by atoms with Crippen LogP contribution >= 0.6 is 0 Å². The van der Waals surface area contributed by atoms with E-state index >= 15 is 0 Å². The minimum Gasteiger partial charge on any atom is -0.399 e. The van der Waals surface area contributed by atoms with E-state index < -0.39 is 0 Å². The van der Waals surface area contributed by atoms with Crippen molar-refractivity contribution in [2.75, 3.05) is 25.9 Å². The lowest BCUT2D eigenvalue weighted by atomic mass is 9.96. The fraction of sp³-hybridized carbons (Fsp3) is 0.417. The topological polar surface area (TPSA) is 58.4 Å². The van der Waals surface area contributed by atoms with Crippen molar-refractivity contribution in [2.45, 2.75) is 12.1 Å². The average Bonchev–Trinajstić information content (AvgIpc) is 2.30. The molecule has 4 heteroatoms. The van der Waals surface area contributed by atoms with Gasteiger partial charge < -0.3 is 15.8 Å². The zero-order chi connectivity index (χ0) is 11.5. The Morgan fingerprint density at radius 1 is 1.44 bits per heavy atom. The van der Waals surface area contributed by atoms with Gasteiger partial charge in [-0.05, 0) is 24.7 Å². The van der Waals surface area contributed by atoms with Gasteiger partial charge in [-0.2, -0.15) is 0 Å². The Kier molecular flexibility index (Phi) is 3.22. The number of carbonyl (C=O) groups excluding carboxylic acids is 1. The summed E-state index contributed by atoms with van der Waals surface area (Å²) in [4.78, 5) is 13.2. The standard InChI is InChI=1S/C12H17N3O/c1-15-7-6-14-11(8-16)12(15)9-2-4-10(13)5-3-9/h2-5,8,11-12,14H,6-7,13H2,1H3. The molecule has 1 saturated heterocycles. The van der Waals surface area contributed by atoms with Crippen LogP contribution in [0.4, 0.5) is 5.69 Å². The largest absolute Gasteiger partial charge is 0.399 e. The van der Waals surface area contributed by atoms with E-state index in [2.05, 4.69) is 10.2 Å². The van der Waals surface area contributed by atoms with E-state index in [0.29, 0.717) is 0 Å². The molecule has 3 N–H and O–H groups in total. The molecule has 2 rings (SSSR count). The van der Waals surface area contributed by atoms with E-state index in [0.717, 1.165) is 30.6 Å². The van der Waals surface area contributed by atoms with Crippen molar-refractivity contribution in [1.29, 1.82) is 0 Å². The van der Waals surface area contributed by atoms with Crippen LogP contribution in [0.3, 0.4) is 0 Å². The SMILES string of the molecule is CN1CCNC(C=O)C1c1ccc(N)cc1. The lowest BCUT2D eigenvalue weighted by molar-refractivity contribution is -0.111. The van der Waals surface area contributed by atoms with Crippen LogP contribution in [0, 0.1) is 0 Å². The zero-order valence-electron chi connectivity index (χ0n) is 9.39. The van der Waals surface area contributed by atoms with E-state index in [1.54, 1.807) is 0 Å². The molecule has 1 heterocycles. The van der Waals surface area contributed by atoms with Gasteiger partial charge in [0.2, 0.25) is 0 Å². The van der Waals surface area contributed by atoms with Crippen molar-refractivity contribution < 1.29 is 4.79 Å². The summed E-state index contributed by atoms with van der Waals surface area (Å²) in [7, 11) is 2.04. The summed E-state index contributed by atoms with van der Waals surface area (Å²) in [5, 5.41) is 3.22. The molecule has 0 aromatic heterocycles. The summed E-state index contributed by atoms with van der Waals surface area (Å²) >= 11 is 0. The van der Waals surface area contributed by atoms with Gasteiger partial charge in [0.1, 0.15) is 6.29 Å². The molecule has 1 aliphatic rings. The highest BCUT2D eigenvalue weighted by Gasteiger charge is 2.29. The number of anilines is 1. The predicted octanol–water partition coefficient (Wildman–Crippen LogP) is 0.412. The van der Waals surface area contributed by atoms with Crippen molar-refractivity contribution in [1.82, 2.24) is 10.2 Å². The number of carbonyl (C=O) groups is 1. The highest BCUT2D eigenvalue weighted by atomic mass is 16.1. The smallest absolute Gasteiger partial charge is 0.138 e. The second kappa shape index (κ2) is 4.63. The first kappa shape index (κ1) is 11.1. The molecule has 86 valence electrons. The van der Waals surface area contributed by atoms with Crippen molar-refractivity contribution in [3.63, 3.8) is 0 Å². The molecule has 4 nitrogen and oxygen atoms in total. The molecule has 16 heavy (non-hydrogen) atoms. The first-order chi connectivity index (χ1) is 7.72. The molecule has 0 aliphatic carbocycles. The number of nitrogens with one attached hydrogen (secondary N) is 1. The van der Waals surface area contributed by atoms with Crippen molar-refractivity contribution in [2.24, 2.45) is 0 Å². The molecule has 0 bridgehead atoms. The van der Waals surface area contributed by atoms with Crippen LogP contribution in [-0.4, -0.2) is 37.4 Å². The number of likely N-dealkylation sites (N-methyl/N-ethyl adjacent to an activating group) is 1. The molecule has 1 aliphatic heterocycles. The number of benzene rings is 1. The Hall–Kier alpha value is -1.39. The Bertz CT molecular complexity index is 363. The maximum Gasteiger partial charge on any atom is 0.138 e. The van der Waals surface area contributed by atoms with Crippen LogP contribution in [0.2, 0.25) is 0 Å². The van der Waals surface area contributed by atoms with Gasteiger partial charge >= 0.3 is 0 Å². The van der Waals surface area contributed by atoms with E-state index in [1.807, 2.05) is 31.3 Å². The molecule has 0 amide bonds. The molecule has 0 spiro atoms. The molecular formula is C12H17N3O. The zero-order valence-corrected chi connectivity index (χ0v) is 9.39. The molecule has 1 aromatic rings. The lowest BCUT2D eigenvalue weighted by Crippen LogP contribution is -2.52. The Labute approximate surface area is 95.4 Å². The molecule has 2 atom stereocenters.